The van der Waals surface area contributed by atoms with Gasteiger partial charge in [0.15, 0.2) is 0 Å². The maximum absolute atomic E-state index is 12.3. The normalized spacial score (nSPS) is 14.1. The molecule has 0 spiro atoms. The number of methoxy groups -OCH3 is 1. The topological polar surface area (TPSA) is 58.6 Å². The molecule has 0 unspecified atom stereocenters. The zero-order chi connectivity index (χ0) is 19.2. The standard InChI is InChI=1S/C22H26N2O3/c1-16-6-10-18(15-20(16)24-14-4-3-5-22(24)26)23-21(25)13-9-17-7-11-19(27-2)12-8-17/h6-8,10-12,15H,3-5,9,13-14H2,1-2H3,(H,23,25). The van der Waals surface area contributed by atoms with E-state index in [0.717, 1.165) is 47.6 Å². The van der Waals surface area contributed by atoms with E-state index in [0.29, 0.717) is 19.3 Å². The lowest BCUT2D eigenvalue weighted by Gasteiger charge is -2.28. The van der Waals surface area contributed by atoms with E-state index < -0.39 is 0 Å². The van der Waals surface area contributed by atoms with Gasteiger partial charge in [-0.1, -0.05) is 18.2 Å². The van der Waals surface area contributed by atoms with E-state index in [1.165, 1.54) is 0 Å². The van der Waals surface area contributed by atoms with Gasteiger partial charge < -0.3 is 15.0 Å². The average Bonchev–Trinajstić information content (AvgIpc) is 2.69. The summed E-state index contributed by atoms with van der Waals surface area (Å²) in [4.78, 5) is 26.4. The molecule has 1 aliphatic heterocycles. The van der Waals surface area contributed by atoms with E-state index in [4.69, 9.17) is 4.74 Å². The van der Waals surface area contributed by atoms with Crippen molar-refractivity contribution in [2.45, 2.75) is 39.0 Å². The zero-order valence-electron chi connectivity index (χ0n) is 16.0. The Morgan fingerprint density at radius 2 is 1.93 bits per heavy atom. The summed E-state index contributed by atoms with van der Waals surface area (Å²) in [6, 6.07) is 13.5. The molecule has 1 heterocycles. The van der Waals surface area contributed by atoms with Gasteiger partial charge in [0.05, 0.1) is 7.11 Å². The van der Waals surface area contributed by atoms with Crippen molar-refractivity contribution in [1.29, 1.82) is 0 Å². The van der Waals surface area contributed by atoms with Crippen LogP contribution in [0.15, 0.2) is 42.5 Å². The van der Waals surface area contributed by atoms with Gasteiger partial charge in [0, 0.05) is 30.8 Å². The van der Waals surface area contributed by atoms with Crippen LogP contribution in [0.25, 0.3) is 0 Å². The highest BCUT2D eigenvalue weighted by molar-refractivity contribution is 5.96. The van der Waals surface area contributed by atoms with Gasteiger partial charge in [-0.15, -0.1) is 0 Å². The van der Waals surface area contributed by atoms with Crippen molar-refractivity contribution in [3.8, 4) is 5.75 Å². The van der Waals surface area contributed by atoms with Crippen molar-refractivity contribution in [1.82, 2.24) is 0 Å². The molecule has 5 heteroatoms. The van der Waals surface area contributed by atoms with Gasteiger partial charge >= 0.3 is 0 Å². The number of aryl methyl sites for hydroxylation is 2. The lowest BCUT2D eigenvalue weighted by atomic mass is 10.1. The molecule has 0 atom stereocenters. The fourth-order valence-corrected chi connectivity index (χ4v) is 3.31. The molecule has 1 fully saturated rings. The molecule has 1 aliphatic rings. The minimum atomic E-state index is -0.0365. The Hall–Kier alpha value is -2.82. The number of carbonyl (C=O) groups is 2. The van der Waals surface area contributed by atoms with Gasteiger partial charge in [-0.2, -0.15) is 0 Å². The second-order valence-corrected chi connectivity index (χ2v) is 6.90. The molecule has 0 aromatic heterocycles. The third kappa shape index (κ3) is 4.88. The quantitative estimate of drug-likeness (QED) is 0.838. The van der Waals surface area contributed by atoms with Crippen molar-refractivity contribution in [2.24, 2.45) is 0 Å². The maximum Gasteiger partial charge on any atom is 0.226 e. The van der Waals surface area contributed by atoms with Gasteiger partial charge in [-0.05, 0) is 61.6 Å². The summed E-state index contributed by atoms with van der Waals surface area (Å²) in [5.74, 6) is 0.931. The van der Waals surface area contributed by atoms with Crippen LogP contribution in [0.3, 0.4) is 0 Å². The number of ether oxygens (including phenoxy) is 1. The predicted octanol–water partition coefficient (Wildman–Crippen LogP) is 4.09. The Kier molecular flexibility index (Phi) is 6.12. The summed E-state index contributed by atoms with van der Waals surface area (Å²) in [5, 5.41) is 2.95. The SMILES string of the molecule is COc1ccc(CCC(=O)Nc2ccc(C)c(N3CCCCC3=O)c2)cc1. The molecule has 27 heavy (non-hydrogen) atoms. The molecular formula is C22H26N2O3. The minimum absolute atomic E-state index is 0.0365. The lowest BCUT2D eigenvalue weighted by Crippen LogP contribution is -2.35. The predicted molar refractivity (Wildman–Crippen MR) is 107 cm³/mol. The van der Waals surface area contributed by atoms with Gasteiger partial charge in [0.25, 0.3) is 0 Å². The van der Waals surface area contributed by atoms with Crippen LogP contribution in [0.2, 0.25) is 0 Å². The molecule has 2 amide bonds. The van der Waals surface area contributed by atoms with Crippen LogP contribution in [-0.2, 0) is 16.0 Å². The highest BCUT2D eigenvalue weighted by Gasteiger charge is 2.21. The fraction of sp³-hybridized carbons (Fsp3) is 0.364. The second kappa shape index (κ2) is 8.71. The Bertz CT molecular complexity index is 815. The van der Waals surface area contributed by atoms with Crippen molar-refractivity contribution < 1.29 is 14.3 Å². The smallest absolute Gasteiger partial charge is 0.226 e. The first kappa shape index (κ1) is 19.0. The number of piperidine rings is 1. The molecule has 2 aromatic rings. The number of carbonyl (C=O) groups excluding carboxylic acids is 2. The number of benzene rings is 2. The summed E-state index contributed by atoms with van der Waals surface area (Å²) < 4.78 is 5.14. The highest BCUT2D eigenvalue weighted by Crippen LogP contribution is 2.28. The first-order valence-corrected chi connectivity index (χ1v) is 9.40. The highest BCUT2D eigenvalue weighted by atomic mass is 16.5. The average molecular weight is 366 g/mol. The van der Waals surface area contributed by atoms with Crippen LogP contribution in [0.5, 0.6) is 5.75 Å². The Morgan fingerprint density at radius 1 is 1.15 bits per heavy atom. The molecule has 2 aromatic carbocycles. The van der Waals surface area contributed by atoms with E-state index in [9.17, 15) is 9.59 Å². The Balaban J connectivity index is 1.61. The first-order valence-electron chi connectivity index (χ1n) is 9.40. The summed E-state index contributed by atoms with van der Waals surface area (Å²) in [5.41, 5.74) is 3.76. The van der Waals surface area contributed by atoms with Crippen LogP contribution in [0, 0.1) is 6.92 Å². The number of hydrogen-bond acceptors (Lipinski definition) is 3. The van der Waals surface area contributed by atoms with Crippen LogP contribution in [0.4, 0.5) is 11.4 Å². The van der Waals surface area contributed by atoms with Crippen LogP contribution < -0.4 is 15.0 Å². The fourth-order valence-electron chi connectivity index (χ4n) is 3.31. The third-order valence-electron chi connectivity index (χ3n) is 4.91. The number of nitrogens with one attached hydrogen (secondary N) is 1. The van der Waals surface area contributed by atoms with E-state index >= 15 is 0 Å². The van der Waals surface area contributed by atoms with E-state index in [1.807, 2.05) is 54.3 Å². The van der Waals surface area contributed by atoms with E-state index in [1.54, 1.807) is 7.11 Å². The van der Waals surface area contributed by atoms with Crippen molar-refractivity contribution in [3.63, 3.8) is 0 Å². The third-order valence-corrected chi connectivity index (χ3v) is 4.91. The van der Waals surface area contributed by atoms with Crippen molar-refractivity contribution in [3.05, 3.63) is 53.6 Å². The van der Waals surface area contributed by atoms with E-state index in [2.05, 4.69) is 5.32 Å². The largest absolute Gasteiger partial charge is 0.497 e. The van der Waals surface area contributed by atoms with Gasteiger partial charge in [0.2, 0.25) is 11.8 Å². The molecule has 0 aliphatic carbocycles. The summed E-state index contributed by atoms with van der Waals surface area (Å²) >= 11 is 0. The maximum atomic E-state index is 12.3. The monoisotopic (exact) mass is 366 g/mol. The molecule has 0 saturated carbocycles. The number of rotatable bonds is 6. The van der Waals surface area contributed by atoms with Crippen LogP contribution in [0.1, 0.15) is 36.8 Å². The number of hydrogen-bond donors (Lipinski definition) is 1. The van der Waals surface area contributed by atoms with E-state index in [-0.39, 0.29) is 11.8 Å². The van der Waals surface area contributed by atoms with Crippen molar-refractivity contribution in [2.75, 3.05) is 23.9 Å². The Morgan fingerprint density at radius 3 is 2.63 bits per heavy atom. The summed E-state index contributed by atoms with van der Waals surface area (Å²) in [7, 11) is 1.63. The van der Waals surface area contributed by atoms with Crippen LogP contribution in [-0.4, -0.2) is 25.5 Å². The molecule has 0 radical (unpaired) electrons. The molecule has 5 nitrogen and oxygen atoms in total. The number of amides is 2. The Labute approximate surface area is 160 Å². The first-order chi connectivity index (χ1) is 13.1. The number of anilines is 2. The summed E-state index contributed by atoms with van der Waals surface area (Å²) in [6.07, 6.45) is 3.63. The lowest BCUT2D eigenvalue weighted by molar-refractivity contribution is -0.119. The zero-order valence-corrected chi connectivity index (χ0v) is 16.0. The molecule has 1 saturated heterocycles. The van der Waals surface area contributed by atoms with Gasteiger partial charge in [-0.25, -0.2) is 0 Å². The molecule has 1 N–H and O–H groups in total. The summed E-state index contributed by atoms with van der Waals surface area (Å²) in [6.45, 7) is 2.74. The van der Waals surface area contributed by atoms with Gasteiger partial charge in [0.1, 0.15) is 5.75 Å². The molecular weight excluding hydrogens is 340 g/mol. The molecule has 3 rings (SSSR count). The van der Waals surface area contributed by atoms with Crippen LogP contribution >= 0.6 is 0 Å². The number of nitrogens with zero attached hydrogens (tertiary/aromatic N) is 1. The minimum Gasteiger partial charge on any atom is -0.497 e. The van der Waals surface area contributed by atoms with Crippen molar-refractivity contribution >= 4 is 23.2 Å². The molecule has 0 bridgehead atoms. The molecule has 142 valence electrons. The second-order valence-electron chi connectivity index (χ2n) is 6.90. The van der Waals surface area contributed by atoms with Gasteiger partial charge in [-0.3, -0.25) is 9.59 Å².